The number of hydrogen-bond acceptors (Lipinski definition) is 5. The molecule has 0 saturated carbocycles. The Bertz CT molecular complexity index is 669. The van der Waals surface area contributed by atoms with Gasteiger partial charge >= 0.3 is 0 Å². The second-order valence-corrected chi connectivity index (χ2v) is 8.29. The molecular formula is C18H23BrN2O2S. The minimum absolute atomic E-state index is 0.196. The molecule has 0 spiro atoms. The summed E-state index contributed by atoms with van der Waals surface area (Å²) in [6, 6.07) is 10.7. The van der Waals surface area contributed by atoms with Crippen LogP contribution in [-0.2, 0) is 0 Å². The first-order valence-corrected chi connectivity index (χ1v) is 9.76. The molecule has 1 aromatic heterocycles. The molecule has 1 unspecified atom stereocenters. The summed E-state index contributed by atoms with van der Waals surface area (Å²) in [6.45, 7) is 4.19. The van der Waals surface area contributed by atoms with Crippen LogP contribution in [0.2, 0.25) is 0 Å². The Morgan fingerprint density at radius 2 is 2.00 bits per heavy atom. The van der Waals surface area contributed by atoms with Gasteiger partial charge in [-0.15, -0.1) is 11.3 Å². The van der Waals surface area contributed by atoms with Crippen molar-refractivity contribution in [1.82, 2.24) is 10.2 Å². The van der Waals surface area contributed by atoms with Gasteiger partial charge in [0, 0.05) is 36.1 Å². The Morgan fingerprint density at radius 1 is 1.12 bits per heavy atom. The first-order valence-electron chi connectivity index (χ1n) is 8.15. The number of halogens is 1. The van der Waals surface area contributed by atoms with Crippen LogP contribution in [0.3, 0.4) is 0 Å². The Morgan fingerprint density at radius 3 is 2.71 bits per heavy atom. The minimum atomic E-state index is 0.196. The highest BCUT2D eigenvalue weighted by atomic mass is 79.9. The van der Waals surface area contributed by atoms with E-state index in [1.807, 2.05) is 12.1 Å². The van der Waals surface area contributed by atoms with E-state index in [1.165, 1.54) is 10.4 Å². The third kappa shape index (κ3) is 3.94. The Labute approximate surface area is 155 Å². The molecule has 4 nitrogen and oxygen atoms in total. The molecule has 2 heterocycles. The van der Waals surface area contributed by atoms with Gasteiger partial charge in [0.1, 0.15) is 11.5 Å². The van der Waals surface area contributed by atoms with Crippen LogP contribution in [0.5, 0.6) is 11.5 Å². The predicted octanol–water partition coefficient (Wildman–Crippen LogP) is 3.91. The van der Waals surface area contributed by atoms with E-state index in [1.54, 1.807) is 25.6 Å². The Kier molecular flexibility index (Phi) is 6.16. The lowest BCUT2D eigenvalue weighted by Gasteiger charge is -2.31. The second kappa shape index (κ2) is 8.34. The van der Waals surface area contributed by atoms with Gasteiger partial charge < -0.3 is 14.8 Å². The smallest absolute Gasteiger partial charge is 0.127 e. The lowest BCUT2D eigenvalue weighted by Crippen LogP contribution is -2.32. The summed E-state index contributed by atoms with van der Waals surface area (Å²) in [6.07, 6.45) is 1.15. The lowest BCUT2D eigenvalue weighted by atomic mass is 10.0. The zero-order valence-corrected chi connectivity index (χ0v) is 16.5. The lowest BCUT2D eigenvalue weighted by molar-refractivity contribution is 0.239. The van der Waals surface area contributed by atoms with Crippen molar-refractivity contribution < 1.29 is 9.47 Å². The second-order valence-electron chi connectivity index (χ2n) is 5.79. The molecule has 1 atom stereocenters. The van der Waals surface area contributed by atoms with Crippen molar-refractivity contribution in [3.63, 3.8) is 0 Å². The average Bonchev–Trinajstić information content (AvgIpc) is 2.86. The van der Waals surface area contributed by atoms with Crippen LogP contribution in [0.4, 0.5) is 0 Å². The van der Waals surface area contributed by atoms with E-state index in [4.69, 9.17) is 9.47 Å². The van der Waals surface area contributed by atoms with Gasteiger partial charge in [0.15, 0.2) is 0 Å². The van der Waals surface area contributed by atoms with E-state index < -0.39 is 0 Å². The minimum Gasteiger partial charge on any atom is -0.497 e. The van der Waals surface area contributed by atoms with Crippen molar-refractivity contribution in [3.05, 3.63) is 44.6 Å². The molecule has 0 amide bonds. The SMILES string of the molecule is COc1ccc(C(c2ccc(Br)s2)N2CCCNCC2)c(OC)c1. The van der Waals surface area contributed by atoms with Crippen LogP contribution in [0.1, 0.15) is 22.9 Å². The summed E-state index contributed by atoms with van der Waals surface area (Å²) in [5.74, 6) is 1.69. The van der Waals surface area contributed by atoms with Gasteiger partial charge in [-0.2, -0.15) is 0 Å². The first-order chi connectivity index (χ1) is 11.7. The van der Waals surface area contributed by atoms with E-state index in [0.29, 0.717) is 0 Å². The molecule has 3 rings (SSSR count). The number of thiophene rings is 1. The van der Waals surface area contributed by atoms with Gasteiger partial charge in [0.05, 0.1) is 24.0 Å². The zero-order valence-electron chi connectivity index (χ0n) is 14.0. The van der Waals surface area contributed by atoms with E-state index in [9.17, 15) is 0 Å². The third-order valence-corrected chi connectivity index (χ3v) is 6.01. The monoisotopic (exact) mass is 410 g/mol. The number of nitrogens with zero attached hydrogens (tertiary/aromatic N) is 1. The van der Waals surface area contributed by atoms with Crippen LogP contribution in [0.25, 0.3) is 0 Å². The molecule has 2 aromatic rings. The van der Waals surface area contributed by atoms with Crippen molar-refractivity contribution in [3.8, 4) is 11.5 Å². The largest absolute Gasteiger partial charge is 0.497 e. The normalized spacial score (nSPS) is 17.3. The molecule has 24 heavy (non-hydrogen) atoms. The van der Waals surface area contributed by atoms with Gasteiger partial charge in [0.2, 0.25) is 0 Å². The molecule has 1 aromatic carbocycles. The van der Waals surface area contributed by atoms with Crippen LogP contribution in [0.15, 0.2) is 34.1 Å². The molecule has 0 radical (unpaired) electrons. The van der Waals surface area contributed by atoms with Gasteiger partial charge in [-0.1, -0.05) is 0 Å². The van der Waals surface area contributed by atoms with Gasteiger partial charge in [-0.3, -0.25) is 4.90 Å². The Balaban J connectivity index is 2.03. The van der Waals surface area contributed by atoms with Gasteiger partial charge in [0.25, 0.3) is 0 Å². The van der Waals surface area contributed by atoms with E-state index in [2.05, 4.69) is 44.3 Å². The summed E-state index contributed by atoms with van der Waals surface area (Å²) >= 11 is 5.40. The maximum absolute atomic E-state index is 5.69. The fraction of sp³-hybridized carbons (Fsp3) is 0.444. The van der Waals surface area contributed by atoms with Crippen molar-refractivity contribution in [2.24, 2.45) is 0 Å². The number of methoxy groups -OCH3 is 2. The molecule has 0 bridgehead atoms. The summed E-state index contributed by atoms with van der Waals surface area (Å²) in [5.41, 5.74) is 1.19. The zero-order chi connectivity index (χ0) is 16.9. The summed E-state index contributed by atoms with van der Waals surface area (Å²) in [5, 5.41) is 3.49. The molecule has 130 valence electrons. The molecule has 1 saturated heterocycles. The number of benzene rings is 1. The maximum Gasteiger partial charge on any atom is 0.127 e. The van der Waals surface area contributed by atoms with Crippen LogP contribution < -0.4 is 14.8 Å². The summed E-state index contributed by atoms with van der Waals surface area (Å²) in [4.78, 5) is 3.87. The molecule has 0 aliphatic carbocycles. The molecule has 1 fully saturated rings. The highest BCUT2D eigenvalue weighted by molar-refractivity contribution is 9.11. The molecule has 1 N–H and O–H groups in total. The van der Waals surface area contributed by atoms with Crippen LogP contribution in [0, 0.1) is 0 Å². The highest BCUT2D eigenvalue weighted by Crippen LogP contribution is 2.40. The van der Waals surface area contributed by atoms with Gasteiger partial charge in [-0.25, -0.2) is 0 Å². The standard InChI is InChI=1S/C18H23BrN2O2S/c1-22-13-4-5-14(15(12-13)23-2)18(16-6-7-17(19)24-16)21-10-3-8-20-9-11-21/h4-7,12,18,20H,3,8-11H2,1-2H3. The highest BCUT2D eigenvalue weighted by Gasteiger charge is 2.27. The topological polar surface area (TPSA) is 33.7 Å². The first kappa shape index (κ1) is 17.7. The summed E-state index contributed by atoms with van der Waals surface area (Å²) < 4.78 is 12.2. The third-order valence-electron chi connectivity index (χ3n) is 4.34. The van der Waals surface area contributed by atoms with Crippen LogP contribution >= 0.6 is 27.3 Å². The summed E-state index contributed by atoms with van der Waals surface area (Å²) in [7, 11) is 3.41. The van der Waals surface area contributed by atoms with E-state index in [0.717, 1.165) is 47.9 Å². The fourth-order valence-electron chi connectivity index (χ4n) is 3.17. The van der Waals surface area contributed by atoms with Crippen LogP contribution in [-0.4, -0.2) is 45.3 Å². The number of nitrogens with one attached hydrogen (secondary N) is 1. The average molecular weight is 411 g/mol. The van der Waals surface area contributed by atoms with Crippen molar-refractivity contribution in [2.75, 3.05) is 40.4 Å². The quantitative estimate of drug-likeness (QED) is 0.809. The fourth-order valence-corrected chi connectivity index (χ4v) is 4.75. The van der Waals surface area contributed by atoms with Crippen molar-refractivity contribution in [2.45, 2.75) is 12.5 Å². The Hall–Kier alpha value is -1.08. The van der Waals surface area contributed by atoms with Crippen molar-refractivity contribution in [1.29, 1.82) is 0 Å². The number of hydrogen-bond donors (Lipinski definition) is 1. The molecule has 1 aliphatic rings. The molecule has 1 aliphatic heterocycles. The van der Waals surface area contributed by atoms with E-state index >= 15 is 0 Å². The number of rotatable bonds is 5. The maximum atomic E-state index is 5.69. The predicted molar refractivity (Wildman–Crippen MR) is 102 cm³/mol. The molecular weight excluding hydrogens is 388 g/mol. The van der Waals surface area contributed by atoms with Crippen molar-refractivity contribution >= 4 is 27.3 Å². The molecule has 6 heteroatoms. The number of ether oxygens (including phenoxy) is 2. The van der Waals surface area contributed by atoms with Gasteiger partial charge in [-0.05, 0) is 53.2 Å². The van der Waals surface area contributed by atoms with E-state index in [-0.39, 0.29) is 6.04 Å².